The number of benzene rings is 3. The molecule has 50 heavy (non-hydrogen) atoms. The monoisotopic (exact) mass is 684 g/mol. The van der Waals surface area contributed by atoms with Gasteiger partial charge in [0.15, 0.2) is 6.29 Å². The fourth-order valence-electron chi connectivity index (χ4n) is 7.11. The molecular weight excluding hydrogens is 636 g/mol. The number of aliphatic hydroxyl groups is 1. The van der Waals surface area contributed by atoms with Gasteiger partial charge in [0.25, 0.3) is 0 Å². The number of rotatable bonds is 15. The lowest BCUT2D eigenvalue weighted by Gasteiger charge is -2.40. The van der Waals surface area contributed by atoms with Crippen molar-refractivity contribution in [2.75, 3.05) is 19.6 Å². The topological polar surface area (TPSA) is 146 Å². The van der Waals surface area contributed by atoms with Gasteiger partial charge in [0.2, 0.25) is 5.91 Å². The molecule has 0 saturated carbocycles. The largest absolute Gasteiger partial charge is 0.481 e. The van der Waals surface area contributed by atoms with E-state index in [1.807, 2.05) is 77.4 Å². The number of aliphatic carboxylic acids is 1. The van der Waals surface area contributed by atoms with Gasteiger partial charge < -0.3 is 34.9 Å². The number of carboxylic acids is 1. The second-order valence-corrected chi connectivity index (χ2v) is 13.5. The summed E-state index contributed by atoms with van der Waals surface area (Å²) in [6.45, 7) is 2.89. The SMILES string of the molecule is O=C(O)CCCCCCC(=O)NCc1ccc(C2OC(CN3CCC(n4c(=O)[nH]c5ccccc54)CC3)CC(c3ccc(CO)cc3)O2)cc1. The maximum Gasteiger partial charge on any atom is 0.326 e. The van der Waals surface area contributed by atoms with Gasteiger partial charge in [-0.15, -0.1) is 0 Å². The third-order valence-electron chi connectivity index (χ3n) is 9.91. The molecule has 266 valence electrons. The van der Waals surface area contributed by atoms with Crippen LogP contribution in [0.25, 0.3) is 11.0 Å². The number of piperidine rings is 1. The van der Waals surface area contributed by atoms with Crippen LogP contribution in [-0.2, 0) is 32.2 Å². The van der Waals surface area contributed by atoms with Crippen LogP contribution in [0.4, 0.5) is 0 Å². The number of fused-ring (bicyclic) bond motifs is 1. The number of ether oxygens (including phenoxy) is 2. The van der Waals surface area contributed by atoms with Crippen LogP contribution in [0.2, 0.25) is 0 Å². The minimum Gasteiger partial charge on any atom is -0.481 e. The van der Waals surface area contributed by atoms with Crippen molar-refractivity contribution in [1.29, 1.82) is 0 Å². The van der Waals surface area contributed by atoms with Gasteiger partial charge in [0.1, 0.15) is 0 Å². The lowest BCUT2D eigenvalue weighted by atomic mass is 9.98. The van der Waals surface area contributed by atoms with Crippen molar-refractivity contribution < 1.29 is 29.3 Å². The molecule has 3 unspecified atom stereocenters. The van der Waals surface area contributed by atoms with Gasteiger partial charge in [-0.05, 0) is 54.5 Å². The van der Waals surface area contributed by atoms with Crippen molar-refractivity contribution >= 4 is 22.9 Å². The van der Waals surface area contributed by atoms with E-state index in [1.165, 1.54) is 0 Å². The zero-order chi connectivity index (χ0) is 34.9. The van der Waals surface area contributed by atoms with Crippen molar-refractivity contribution in [3.05, 3.63) is 106 Å². The molecule has 4 aromatic rings. The number of nitrogens with one attached hydrogen (secondary N) is 2. The Morgan fingerprint density at radius 2 is 1.52 bits per heavy atom. The first-order chi connectivity index (χ1) is 24.4. The molecule has 3 heterocycles. The van der Waals surface area contributed by atoms with Crippen LogP contribution in [0, 0.1) is 0 Å². The molecule has 4 N–H and O–H groups in total. The number of hydrogen-bond acceptors (Lipinski definition) is 7. The Hall–Kier alpha value is -4.29. The molecule has 2 aliphatic rings. The lowest BCUT2D eigenvalue weighted by molar-refractivity contribution is -0.253. The summed E-state index contributed by atoms with van der Waals surface area (Å²) in [6.07, 6.45) is 5.27. The number of para-hydroxylation sites is 2. The molecule has 1 amide bonds. The van der Waals surface area contributed by atoms with Crippen molar-refractivity contribution in [2.45, 2.75) is 95.5 Å². The molecule has 0 bridgehead atoms. The Morgan fingerprint density at radius 1 is 0.840 bits per heavy atom. The van der Waals surface area contributed by atoms with E-state index >= 15 is 0 Å². The van der Waals surface area contributed by atoms with E-state index in [-0.39, 0.29) is 42.9 Å². The third-order valence-corrected chi connectivity index (χ3v) is 9.91. The lowest BCUT2D eigenvalue weighted by Crippen LogP contribution is -2.43. The van der Waals surface area contributed by atoms with Gasteiger partial charge in [-0.2, -0.15) is 0 Å². The smallest absolute Gasteiger partial charge is 0.326 e. The Bertz CT molecular complexity index is 1760. The van der Waals surface area contributed by atoms with Gasteiger partial charge in [-0.25, -0.2) is 4.79 Å². The van der Waals surface area contributed by atoms with Gasteiger partial charge in [0, 0.05) is 57.0 Å². The van der Waals surface area contributed by atoms with E-state index in [2.05, 4.69) is 15.2 Å². The number of H-pyrrole nitrogens is 1. The molecule has 0 aliphatic carbocycles. The van der Waals surface area contributed by atoms with E-state index < -0.39 is 12.3 Å². The normalized spacial score (nSPS) is 20.2. The summed E-state index contributed by atoms with van der Waals surface area (Å²) in [5.74, 6) is -0.792. The van der Waals surface area contributed by atoms with Gasteiger partial charge in [-0.3, -0.25) is 14.2 Å². The number of carbonyl (C=O) groups excluding carboxylic acids is 1. The maximum atomic E-state index is 12.8. The van der Waals surface area contributed by atoms with E-state index in [9.17, 15) is 19.5 Å². The molecule has 6 rings (SSSR count). The Labute approximate surface area is 292 Å². The second kappa shape index (κ2) is 17.1. The highest BCUT2D eigenvalue weighted by molar-refractivity contribution is 5.76. The molecule has 2 fully saturated rings. The average Bonchev–Trinajstić information content (AvgIpc) is 3.48. The summed E-state index contributed by atoms with van der Waals surface area (Å²) in [4.78, 5) is 41.2. The summed E-state index contributed by atoms with van der Waals surface area (Å²) < 4.78 is 15.1. The molecule has 3 atom stereocenters. The van der Waals surface area contributed by atoms with Crippen LogP contribution in [0.5, 0.6) is 0 Å². The highest BCUT2D eigenvalue weighted by Crippen LogP contribution is 2.38. The number of likely N-dealkylation sites (tertiary alicyclic amines) is 1. The molecule has 2 aliphatic heterocycles. The molecule has 0 spiro atoms. The average molecular weight is 685 g/mol. The summed E-state index contributed by atoms with van der Waals surface area (Å²) in [5, 5.41) is 21.3. The summed E-state index contributed by atoms with van der Waals surface area (Å²) >= 11 is 0. The van der Waals surface area contributed by atoms with Crippen LogP contribution >= 0.6 is 0 Å². The van der Waals surface area contributed by atoms with Gasteiger partial charge >= 0.3 is 11.7 Å². The summed E-state index contributed by atoms with van der Waals surface area (Å²) in [5.41, 5.74) is 5.55. The molecule has 1 aromatic heterocycles. The predicted octanol–water partition coefficient (Wildman–Crippen LogP) is 5.75. The number of unbranched alkanes of at least 4 members (excludes halogenated alkanes) is 3. The minimum absolute atomic E-state index is 0.0117. The quantitative estimate of drug-likeness (QED) is 0.116. The zero-order valence-corrected chi connectivity index (χ0v) is 28.5. The van der Waals surface area contributed by atoms with Gasteiger partial charge in [0.05, 0.1) is 29.8 Å². The number of carbonyl (C=O) groups is 2. The molecule has 2 saturated heterocycles. The first-order valence-corrected chi connectivity index (χ1v) is 17.9. The fraction of sp³-hybridized carbons (Fsp3) is 0.462. The van der Waals surface area contributed by atoms with Crippen molar-refractivity contribution in [3.8, 4) is 0 Å². The molecule has 11 nitrogen and oxygen atoms in total. The van der Waals surface area contributed by atoms with Crippen LogP contribution in [0.3, 0.4) is 0 Å². The first-order valence-electron chi connectivity index (χ1n) is 17.9. The standard InChI is InChI=1S/C39H48N4O7/c44-26-28-13-15-29(16-14-28)35-23-32(25-42-21-19-31(20-22-42)43-34-8-6-5-7-33(34)41-39(43)48)49-38(50-35)30-17-11-27(12-18-30)24-40-36(45)9-3-1-2-4-10-37(46)47/h5-8,11-18,31-32,35,38,44H,1-4,9-10,19-26H2,(H,40,45)(H,41,48)(H,46,47). The number of aromatic amines is 1. The number of nitrogens with zero attached hydrogens (tertiary/aromatic N) is 2. The Balaban J connectivity index is 1.05. The minimum atomic E-state index is -0.780. The summed E-state index contributed by atoms with van der Waals surface area (Å²) in [6, 6.07) is 23.9. The number of hydrogen-bond donors (Lipinski definition) is 4. The Kier molecular flexibility index (Phi) is 12.1. The van der Waals surface area contributed by atoms with E-state index in [4.69, 9.17) is 14.6 Å². The van der Waals surface area contributed by atoms with Crippen LogP contribution in [0.15, 0.2) is 77.6 Å². The van der Waals surface area contributed by atoms with Crippen LogP contribution in [0.1, 0.15) is 98.5 Å². The molecule has 0 radical (unpaired) electrons. The molecular formula is C39H48N4O7. The molecule has 11 heteroatoms. The van der Waals surface area contributed by atoms with E-state index in [0.29, 0.717) is 25.8 Å². The Morgan fingerprint density at radius 3 is 2.24 bits per heavy atom. The van der Waals surface area contributed by atoms with Crippen molar-refractivity contribution in [1.82, 2.24) is 19.8 Å². The number of imidazole rings is 1. The van der Waals surface area contributed by atoms with E-state index in [1.54, 1.807) is 0 Å². The highest BCUT2D eigenvalue weighted by atomic mass is 16.7. The maximum absolute atomic E-state index is 12.8. The molecule has 3 aromatic carbocycles. The fourth-order valence-corrected chi connectivity index (χ4v) is 7.11. The number of aliphatic hydroxyl groups excluding tert-OH is 1. The van der Waals surface area contributed by atoms with E-state index in [0.717, 1.165) is 85.0 Å². The van der Waals surface area contributed by atoms with Crippen LogP contribution < -0.4 is 11.0 Å². The predicted molar refractivity (Wildman–Crippen MR) is 189 cm³/mol. The highest BCUT2D eigenvalue weighted by Gasteiger charge is 2.34. The third kappa shape index (κ3) is 9.28. The number of carboxylic acid groups (broad SMARTS) is 1. The first kappa shape index (κ1) is 35.5. The second-order valence-electron chi connectivity index (χ2n) is 13.5. The van der Waals surface area contributed by atoms with Crippen molar-refractivity contribution in [2.24, 2.45) is 0 Å². The number of aromatic nitrogens is 2. The summed E-state index contributed by atoms with van der Waals surface area (Å²) in [7, 11) is 0. The zero-order valence-electron chi connectivity index (χ0n) is 28.5. The van der Waals surface area contributed by atoms with Crippen molar-refractivity contribution in [3.63, 3.8) is 0 Å². The van der Waals surface area contributed by atoms with Gasteiger partial charge in [-0.1, -0.05) is 73.5 Å². The van der Waals surface area contributed by atoms with Crippen LogP contribution in [-0.4, -0.2) is 62.3 Å². The number of amides is 1.